The van der Waals surface area contributed by atoms with Crippen LogP contribution in [0.5, 0.6) is 0 Å². The Morgan fingerprint density at radius 3 is 2.95 bits per heavy atom. The number of hydrogen-bond donors (Lipinski definition) is 3. The van der Waals surface area contributed by atoms with Crippen molar-refractivity contribution in [2.24, 2.45) is 16.8 Å². The van der Waals surface area contributed by atoms with E-state index in [2.05, 4.69) is 22.3 Å². The lowest BCUT2D eigenvalue weighted by Gasteiger charge is -2.32. The molecule has 1 amide bonds. The van der Waals surface area contributed by atoms with Crippen LogP contribution in [0.15, 0.2) is 5.16 Å². The highest BCUT2D eigenvalue weighted by molar-refractivity contribution is 6.02. The van der Waals surface area contributed by atoms with Crippen LogP contribution in [0, 0.1) is 5.92 Å². The lowest BCUT2D eigenvalue weighted by molar-refractivity contribution is -0.124. The molecule has 0 aromatic carbocycles. The van der Waals surface area contributed by atoms with Crippen LogP contribution >= 0.6 is 0 Å². The van der Waals surface area contributed by atoms with E-state index >= 15 is 0 Å². The highest BCUT2D eigenvalue weighted by atomic mass is 16.5. The molecule has 2 atom stereocenters. The van der Waals surface area contributed by atoms with Crippen LogP contribution < -0.4 is 11.1 Å². The summed E-state index contributed by atoms with van der Waals surface area (Å²) in [4.78, 5) is 14.4. The number of likely N-dealkylation sites (N-methyl/N-ethyl adjacent to an activating group) is 1. The van der Waals surface area contributed by atoms with Crippen molar-refractivity contribution in [1.82, 2.24) is 10.2 Å². The van der Waals surface area contributed by atoms with Crippen LogP contribution in [-0.2, 0) is 9.53 Å². The van der Waals surface area contributed by atoms with E-state index in [4.69, 9.17) is 15.7 Å². The first-order chi connectivity index (χ1) is 9.62. The van der Waals surface area contributed by atoms with E-state index in [1.54, 1.807) is 0 Å². The summed E-state index contributed by atoms with van der Waals surface area (Å²) < 4.78 is 5.62. The van der Waals surface area contributed by atoms with Crippen LogP contribution in [0.1, 0.15) is 26.7 Å². The number of morpholine rings is 1. The molecule has 1 rings (SSSR count). The third-order valence-electron chi connectivity index (χ3n) is 3.54. The van der Waals surface area contributed by atoms with E-state index in [0.29, 0.717) is 19.6 Å². The maximum atomic E-state index is 12.1. The lowest BCUT2D eigenvalue weighted by atomic mass is 10.0. The summed E-state index contributed by atoms with van der Waals surface area (Å²) >= 11 is 0. The second kappa shape index (κ2) is 8.76. The van der Waals surface area contributed by atoms with Crippen molar-refractivity contribution in [2.75, 3.05) is 32.8 Å². The number of hydrogen-bond acceptors (Lipinski definition) is 5. The van der Waals surface area contributed by atoms with Gasteiger partial charge < -0.3 is 21.0 Å². The molecule has 0 aromatic heterocycles. The van der Waals surface area contributed by atoms with Gasteiger partial charge >= 0.3 is 0 Å². The minimum atomic E-state index is -0.573. The monoisotopic (exact) mass is 286 g/mol. The Morgan fingerprint density at radius 2 is 2.35 bits per heavy atom. The third kappa shape index (κ3) is 4.97. The summed E-state index contributed by atoms with van der Waals surface area (Å²) in [6, 6.07) is 0. The first-order valence-corrected chi connectivity index (χ1v) is 7.21. The minimum absolute atomic E-state index is 0.00205. The second-order valence-corrected chi connectivity index (χ2v) is 5.00. The summed E-state index contributed by atoms with van der Waals surface area (Å²) in [6.07, 6.45) is 1.36. The molecule has 7 nitrogen and oxygen atoms in total. The van der Waals surface area contributed by atoms with Gasteiger partial charge in [0.05, 0.1) is 18.6 Å². The predicted octanol–water partition coefficient (Wildman–Crippen LogP) is -0.0140. The molecule has 0 saturated carbocycles. The van der Waals surface area contributed by atoms with Crippen LogP contribution in [0.3, 0.4) is 0 Å². The number of amidine groups is 1. The molecule has 0 aliphatic carbocycles. The maximum absolute atomic E-state index is 12.1. The van der Waals surface area contributed by atoms with Crippen LogP contribution in [-0.4, -0.2) is 60.7 Å². The van der Waals surface area contributed by atoms with E-state index in [1.807, 2.05) is 6.92 Å². The highest BCUT2D eigenvalue weighted by Crippen LogP contribution is 2.08. The number of nitrogens with two attached hydrogens (primary N) is 1. The fourth-order valence-corrected chi connectivity index (χ4v) is 2.30. The normalized spacial score (nSPS) is 22.5. The molecule has 0 aromatic rings. The van der Waals surface area contributed by atoms with Crippen molar-refractivity contribution in [3.05, 3.63) is 0 Å². The number of nitrogens with zero attached hydrogens (tertiary/aromatic N) is 2. The van der Waals surface area contributed by atoms with Gasteiger partial charge in [0.2, 0.25) is 5.91 Å². The predicted molar refractivity (Wildman–Crippen MR) is 76.7 cm³/mol. The Balaban J connectivity index is 2.44. The van der Waals surface area contributed by atoms with Gasteiger partial charge in [-0.05, 0) is 13.0 Å². The Labute approximate surface area is 120 Å². The van der Waals surface area contributed by atoms with E-state index in [1.165, 1.54) is 0 Å². The molecule has 1 heterocycles. The molecule has 20 heavy (non-hydrogen) atoms. The van der Waals surface area contributed by atoms with E-state index in [0.717, 1.165) is 26.1 Å². The SMILES string of the molecule is CCCC(C(=O)NCC1CN(CC)CCO1)C(N)=NO. The number of amides is 1. The standard InChI is InChI=1S/C13H26N4O3/c1-3-5-11(12(14)16-19)13(18)15-8-10-9-17(4-2)6-7-20-10/h10-11,19H,3-9H2,1-2H3,(H2,14,16)(H,15,18). The van der Waals surface area contributed by atoms with Gasteiger partial charge in [-0.2, -0.15) is 0 Å². The molecule has 4 N–H and O–H groups in total. The number of carbonyl (C=O) groups is 1. The number of oxime groups is 1. The second-order valence-electron chi connectivity index (χ2n) is 5.00. The minimum Gasteiger partial charge on any atom is -0.409 e. The number of nitrogens with one attached hydrogen (secondary N) is 1. The van der Waals surface area contributed by atoms with Crippen LogP contribution in [0.2, 0.25) is 0 Å². The molecule has 1 aliphatic rings. The summed E-state index contributed by atoms with van der Waals surface area (Å²) in [7, 11) is 0. The molecule has 2 unspecified atom stereocenters. The Kier molecular flexibility index (Phi) is 7.32. The molecule has 0 bridgehead atoms. The van der Waals surface area contributed by atoms with Gasteiger partial charge in [-0.3, -0.25) is 9.69 Å². The third-order valence-corrected chi connectivity index (χ3v) is 3.54. The molecular weight excluding hydrogens is 260 g/mol. The molecule has 0 spiro atoms. The summed E-state index contributed by atoms with van der Waals surface area (Å²) in [5.74, 6) is -0.820. The maximum Gasteiger partial charge on any atom is 0.230 e. The molecule has 1 fully saturated rings. The van der Waals surface area contributed by atoms with Gasteiger partial charge in [-0.1, -0.05) is 25.4 Å². The molecule has 1 aliphatic heterocycles. The van der Waals surface area contributed by atoms with Crippen molar-refractivity contribution < 1.29 is 14.7 Å². The van der Waals surface area contributed by atoms with Crippen molar-refractivity contribution in [3.8, 4) is 0 Å². The summed E-state index contributed by atoms with van der Waals surface area (Å²) in [5.41, 5.74) is 5.56. The Bertz CT molecular complexity index is 336. The number of ether oxygens (including phenoxy) is 1. The van der Waals surface area contributed by atoms with E-state index < -0.39 is 5.92 Å². The Morgan fingerprint density at radius 1 is 1.60 bits per heavy atom. The van der Waals surface area contributed by atoms with Crippen molar-refractivity contribution in [3.63, 3.8) is 0 Å². The largest absolute Gasteiger partial charge is 0.409 e. The molecule has 116 valence electrons. The molecule has 1 saturated heterocycles. The molecule has 0 radical (unpaired) electrons. The van der Waals surface area contributed by atoms with Crippen LogP contribution in [0.25, 0.3) is 0 Å². The lowest BCUT2D eigenvalue weighted by Crippen LogP contribution is -2.49. The number of rotatable bonds is 7. The summed E-state index contributed by atoms with van der Waals surface area (Å²) in [6.45, 7) is 7.94. The first-order valence-electron chi connectivity index (χ1n) is 7.21. The van der Waals surface area contributed by atoms with Gasteiger partial charge in [-0.15, -0.1) is 0 Å². The van der Waals surface area contributed by atoms with Gasteiger partial charge in [-0.25, -0.2) is 0 Å². The molecular formula is C13H26N4O3. The smallest absolute Gasteiger partial charge is 0.230 e. The van der Waals surface area contributed by atoms with Crippen molar-refractivity contribution >= 4 is 11.7 Å². The van der Waals surface area contributed by atoms with Gasteiger partial charge in [0.25, 0.3) is 0 Å². The zero-order chi connectivity index (χ0) is 15.0. The first kappa shape index (κ1) is 16.7. The zero-order valence-electron chi connectivity index (χ0n) is 12.3. The van der Waals surface area contributed by atoms with E-state index in [-0.39, 0.29) is 17.8 Å². The zero-order valence-corrected chi connectivity index (χ0v) is 12.3. The highest BCUT2D eigenvalue weighted by Gasteiger charge is 2.24. The fourth-order valence-electron chi connectivity index (χ4n) is 2.30. The topological polar surface area (TPSA) is 100 Å². The average Bonchev–Trinajstić information content (AvgIpc) is 2.49. The van der Waals surface area contributed by atoms with Crippen molar-refractivity contribution in [2.45, 2.75) is 32.8 Å². The number of carbonyl (C=O) groups excluding carboxylic acids is 1. The average molecular weight is 286 g/mol. The van der Waals surface area contributed by atoms with Gasteiger partial charge in [0, 0.05) is 19.6 Å². The fraction of sp³-hybridized carbons (Fsp3) is 0.846. The van der Waals surface area contributed by atoms with Crippen molar-refractivity contribution in [1.29, 1.82) is 0 Å². The molecule has 7 heteroatoms. The van der Waals surface area contributed by atoms with E-state index in [9.17, 15) is 4.79 Å². The van der Waals surface area contributed by atoms with Gasteiger partial charge in [0.15, 0.2) is 5.84 Å². The van der Waals surface area contributed by atoms with Gasteiger partial charge in [0.1, 0.15) is 0 Å². The van der Waals surface area contributed by atoms with Crippen LogP contribution in [0.4, 0.5) is 0 Å². The summed E-state index contributed by atoms with van der Waals surface area (Å²) in [5, 5.41) is 14.5. The quantitative estimate of drug-likeness (QED) is 0.264. The Hall–Kier alpha value is -1.34.